The van der Waals surface area contributed by atoms with E-state index in [2.05, 4.69) is 50.8 Å². The van der Waals surface area contributed by atoms with Gasteiger partial charge in [0.05, 0.1) is 6.61 Å². The van der Waals surface area contributed by atoms with Crippen LogP contribution in [0.25, 0.3) is 6.08 Å². The van der Waals surface area contributed by atoms with Crippen molar-refractivity contribution in [2.75, 3.05) is 20.3 Å². The number of aromatic nitrogens is 1. The molecule has 0 amide bonds. The molecule has 3 nitrogen and oxygen atoms in total. The van der Waals surface area contributed by atoms with E-state index in [9.17, 15) is 5.11 Å². The minimum Gasteiger partial charge on any atom is -0.392 e. The standard InChI is InChI=1S/C21H34NO2/c1-7-17-11-13-22(20(10-4)19(17)9-3)21(16(5)15-23)18(8-2)12-14-24-6/h7,11,13,18,21,23H,1,5,8-10,12,14-15H2,2-4,6H3/q+1. The highest BCUT2D eigenvalue weighted by molar-refractivity contribution is 5.51. The van der Waals surface area contributed by atoms with Crippen molar-refractivity contribution in [1.82, 2.24) is 0 Å². The van der Waals surface area contributed by atoms with E-state index in [1.807, 2.05) is 6.08 Å². The molecule has 2 atom stereocenters. The zero-order chi connectivity index (χ0) is 18.1. The van der Waals surface area contributed by atoms with E-state index < -0.39 is 0 Å². The second kappa shape index (κ2) is 10.4. The summed E-state index contributed by atoms with van der Waals surface area (Å²) in [7, 11) is 1.74. The van der Waals surface area contributed by atoms with Gasteiger partial charge in [0.2, 0.25) is 0 Å². The van der Waals surface area contributed by atoms with Gasteiger partial charge in [-0.15, -0.1) is 0 Å². The zero-order valence-corrected chi connectivity index (χ0v) is 15.8. The average molecular weight is 333 g/mol. The SMILES string of the molecule is C=Cc1cc[n+](C(C(=C)CO)C(CC)CCOC)c(CC)c1CC. The van der Waals surface area contributed by atoms with Crippen molar-refractivity contribution >= 4 is 6.08 Å². The normalized spacial score (nSPS) is 13.5. The Morgan fingerprint density at radius 2 is 2.04 bits per heavy atom. The molecule has 0 bridgehead atoms. The summed E-state index contributed by atoms with van der Waals surface area (Å²) in [6.45, 7) is 15.4. The molecule has 0 aliphatic carbocycles. The van der Waals surface area contributed by atoms with Crippen LogP contribution in [0.3, 0.4) is 0 Å². The number of hydrogen-bond donors (Lipinski definition) is 1. The van der Waals surface area contributed by atoms with Gasteiger partial charge in [0.15, 0.2) is 17.9 Å². The molecule has 0 aliphatic rings. The largest absolute Gasteiger partial charge is 0.392 e. The van der Waals surface area contributed by atoms with Crippen LogP contribution in [-0.2, 0) is 17.6 Å². The minimum atomic E-state index is 0.00890. The molecule has 1 N–H and O–H groups in total. The molecular weight excluding hydrogens is 298 g/mol. The van der Waals surface area contributed by atoms with Crippen molar-refractivity contribution < 1.29 is 14.4 Å². The highest BCUT2D eigenvalue weighted by atomic mass is 16.5. The number of methoxy groups -OCH3 is 1. The van der Waals surface area contributed by atoms with Gasteiger partial charge in [0.25, 0.3) is 0 Å². The van der Waals surface area contributed by atoms with Crippen LogP contribution in [0.4, 0.5) is 0 Å². The fourth-order valence-corrected chi connectivity index (χ4v) is 3.63. The first-order chi connectivity index (χ1) is 11.6. The minimum absolute atomic E-state index is 0.00890. The summed E-state index contributed by atoms with van der Waals surface area (Å²) >= 11 is 0. The summed E-state index contributed by atoms with van der Waals surface area (Å²) in [5.74, 6) is 0.388. The Morgan fingerprint density at radius 3 is 2.50 bits per heavy atom. The average Bonchev–Trinajstić information content (AvgIpc) is 2.63. The molecule has 0 aromatic carbocycles. The summed E-state index contributed by atoms with van der Waals surface area (Å²) in [6.07, 6.45) is 7.96. The van der Waals surface area contributed by atoms with Gasteiger partial charge in [0, 0.05) is 43.3 Å². The Balaban J connectivity index is 3.47. The van der Waals surface area contributed by atoms with Crippen LogP contribution < -0.4 is 4.57 Å². The fraction of sp³-hybridized carbons (Fsp3) is 0.571. The van der Waals surface area contributed by atoms with Crippen LogP contribution in [-0.4, -0.2) is 25.4 Å². The molecule has 0 aliphatic heterocycles. The lowest BCUT2D eigenvalue weighted by Gasteiger charge is -2.25. The van der Waals surface area contributed by atoms with Crippen LogP contribution in [0.5, 0.6) is 0 Å². The summed E-state index contributed by atoms with van der Waals surface area (Å²) < 4.78 is 7.62. The molecule has 1 heterocycles. The molecule has 0 radical (unpaired) electrons. The number of pyridine rings is 1. The number of hydrogen-bond acceptors (Lipinski definition) is 2. The summed E-state index contributed by atoms with van der Waals surface area (Å²) in [6, 6.07) is 2.22. The highest BCUT2D eigenvalue weighted by Crippen LogP contribution is 2.28. The second-order valence-electron chi connectivity index (χ2n) is 6.23. The Labute approximate surface area is 147 Å². The molecule has 2 unspecified atom stereocenters. The Bertz CT molecular complexity index is 551. The van der Waals surface area contributed by atoms with Crippen LogP contribution in [0.2, 0.25) is 0 Å². The molecular formula is C21H34NO2+. The lowest BCUT2D eigenvalue weighted by atomic mass is 9.87. The van der Waals surface area contributed by atoms with Crippen molar-refractivity contribution in [1.29, 1.82) is 0 Å². The Morgan fingerprint density at radius 1 is 1.33 bits per heavy atom. The smallest absolute Gasteiger partial charge is 0.185 e. The quantitative estimate of drug-likeness (QED) is 0.492. The van der Waals surface area contributed by atoms with Crippen molar-refractivity contribution in [3.8, 4) is 0 Å². The molecule has 0 spiro atoms. The third kappa shape index (κ3) is 4.55. The summed E-state index contributed by atoms with van der Waals surface area (Å²) in [4.78, 5) is 0. The summed E-state index contributed by atoms with van der Waals surface area (Å²) in [5, 5.41) is 9.77. The van der Waals surface area contributed by atoms with Gasteiger partial charge >= 0.3 is 0 Å². The molecule has 24 heavy (non-hydrogen) atoms. The lowest BCUT2D eigenvalue weighted by Crippen LogP contribution is -2.49. The molecule has 1 aromatic heterocycles. The van der Waals surface area contributed by atoms with Crippen LogP contribution in [0.1, 0.15) is 56.5 Å². The maximum absolute atomic E-state index is 9.77. The Hall–Kier alpha value is -1.45. The van der Waals surface area contributed by atoms with Gasteiger partial charge in [-0.25, -0.2) is 0 Å². The second-order valence-corrected chi connectivity index (χ2v) is 6.23. The fourth-order valence-electron chi connectivity index (χ4n) is 3.63. The molecule has 0 saturated carbocycles. The van der Waals surface area contributed by atoms with E-state index in [4.69, 9.17) is 4.74 Å². The van der Waals surface area contributed by atoms with E-state index in [1.54, 1.807) is 7.11 Å². The van der Waals surface area contributed by atoms with Gasteiger partial charge in [-0.1, -0.05) is 40.0 Å². The lowest BCUT2D eigenvalue weighted by molar-refractivity contribution is -0.729. The third-order valence-electron chi connectivity index (χ3n) is 4.92. The molecule has 1 rings (SSSR count). The van der Waals surface area contributed by atoms with Crippen molar-refractivity contribution in [3.05, 3.63) is 47.8 Å². The van der Waals surface area contributed by atoms with E-state index in [0.717, 1.165) is 37.9 Å². The maximum atomic E-state index is 9.77. The molecule has 3 heteroatoms. The van der Waals surface area contributed by atoms with Gasteiger partial charge in [-0.05, 0) is 24.8 Å². The van der Waals surface area contributed by atoms with Gasteiger partial charge in [0.1, 0.15) is 0 Å². The van der Waals surface area contributed by atoms with E-state index >= 15 is 0 Å². The maximum Gasteiger partial charge on any atom is 0.185 e. The summed E-state index contributed by atoms with van der Waals surface area (Å²) in [5.41, 5.74) is 4.72. The van der Waals surface area contributed by atoms with E-state index in [-0.39, 0.29) is 12.6 Å². The van der Waals surface area contributed by atoms with Crippen LogP contribution in [0.15, 0.2) is 31.0 Å². The zero-order valence-electron chi connectivity index (χ0n) is 15.8. The van der Waals surface area contributed by atoms with Gasteiger partial charge in [-0.2, -0.15) is 4.57 Å². The van der Waals surface area contributed by atoms with Crippen molar-refractivity contribution in [2.24, 2.45) is 5.92 Å². The first-order valence-electron chi connectivity index (χ1n) is 9.05. The first kappa shape index (κ1) is 20.6. The van der Waals surface area contributed by atoms with Crippen molar-refractivity contribution in [2.45, 2.75) is 52.5 Å². The topological polar surface area (TPSA) is 33.3 Å². The number of ether oxygens (including phenoxy) is 1. The predicted molar refractivity (Wildman–Crippen MR) is 101 cm³/mol. The number of aliphatic hydroxyl groups is 1. The molecule has 0 fully saturated rings. The third-order valence-corrected chi connectivity index (χ3v) is 4.92. The first-order valence-corrected chi connectivity index (χ1v) is 9.05. The predicted octanol–water partition coefficient (Wildman–Crippen LogP) is 3.89. The monoisotopic (exact) mass is 332 g/mol. The van der Waals surface area contributed by atoms with Gasteiger partial charge < -0.3 is 9.84 Å². The highest BCUT2D eigenvalue weighted by Gasteiger charge is 2.33. The number of rotatable bonds is 11. The number of aliphatic hydroxyl groups excluding tert-OH is 1. The van der Waals surface area contributed by atoms with Gasteiger partial charge in [-0.3, -0.25) is 0 Å². The van der Waals surface area contributed by atoms with Crippen molar-refractivity contribution in [3.63, 3.8) is 0 Å². The van der Waals surface area contributed by atoms with E-state index in [1.165, 1.54) is 16.8 Å². The Kier molecular flexibility index (Phi) is 8.94. The number of nitrogens with zero attached hydrogens (tertiary/aromatic N) is 1. The van der Waals surface area contributed by atoms with E-state index in [0.29, 0.717) is 5.92 Å². The molecule has 134 valence electrons. The molecule has 1 aromatic rings. The van der Waals surface area contributed by atoms with Crippen LogP contribution >= 0.6 is 0 Å². The van der Waals surface area contributed by atoms with Crippen LogP contribution in [0, 0.1) is 5.92 Å². The molecule has 0 saturated heterocycles.